The van der Waals surface area contributed by atoms with Gasteiger partial charge in [-0.15, -0.1) is 0 Å². The minimum absolute atomic E-state index is 0.0626. The van der Waals surface area contributed by atoms with E-state index >= 15 is 0 Å². The quantitative estimate of drug-likeness (QED) is 0.616. The number of ether oxygens (including phenoxy) is 1. The van der Waals surface area contributed by atoms with Gasteiger partial charge in [0, 0.05) is 44.1 Å². The first-order valence-electron chi connectivity index (χ1n) is 11.3. The van der Waals surface area contributed by atoms with Crippen LogP contribution in [0.3, 0.4) is 0 Å². The van der Waals surface area contributed by atoms with Crippen LogP contribution in [-0.4, -0.2) is 58.9 Å². The third-order valence-corrected chi connectivity index (χ3v) is 7.02. The van der Waals surface area contributed by atoms with Gasteiger partial charge in [-0.2, -0.15) is 4.37 Å². The second-order valence-corrected chi connectivity index (χ2v) is 9.16. The molecule has 1 unspecified atom stereocenters. The molecule has 0 radical (unpaired) electrons. The Balaban J connectivity index is 1.32. The highest BCUT2D eigenvalue weighted by Gasteiger charge is 2.34. The molecule has 2 fully saturated rings. The summed E-state index contributed by atoms with van der Waals surface area (Å²) < 4.78 is 22.7. The number of nitrogens with zero attached hydrogens (tertiary/aromatic N) is 4. The number of carbonyl (C=O) groups excluding carboxylic acids is 2. The number of benzene rings is 1. The lowest BCUT2D eigenvalue weighted by atomic mass is 9.93. The molecule has 4 rings (SSSR count). The van der Waals surface area contributed by atoms with E-state index in [0.29, 0.717) is 51.3 Å². The fourth-order valence-electron chi connectivity index (χ4n) is 4.44. The van der Waals surface area contributed by atoms with Gasteiger partial charge in [-0.25, -0.2) is 9.37 Å². The maximum absolute atomic E-state index is 13.1. The molecule has 9 heteroatoms. The van der Waals surface area contributed by atoms with Crippen LogP contribution in [-0.2, 0) is 20.7 Å². The molecule has 1 atom stereocenters. The van der Waals surface area contributed by atoms with Crippen molar-refractivity contribution in [1.82, 2.24) is 14.3 Å². The molecule has 172 valence electrons. The summed E-state index contributed by atoms with van der Waals surface area (Å²) in [6.45, 7) is 4.93. The number of amides is 1. The zero-order valence-electron chi connectivity index (χ0n) is 18.3. The third-order valence-electron chi connectivity index (χ3n) is 6.20. The summed E-state index contributed by atoms with van der Waals surface area (Å²) in [6.07, 6.45) is 3.70. The molecule has 1 amide bonds. The van der Waals surface area contributed by atoms with Gasteiger partial charge in [-0.05, 0) is 50.3 Å². The molecule has 2 saturated heterocycles. The van der Waals surface area contributed by atoms with Crippen molar-refractivity contribution in [2.75, 3.05) is 37.7 Å². The summed E-state index contributed by atoms with van der Waals surface area (Å²) in [6, 6.07) is 6.38. The van der Waals surface area contributed by atoms with Crippen molar-refractivity contribution in [2.24, 2.45) is 11.8 Å². The van der Waals surface area contributed by atoms with Crippen molar-refractivity contribution in [2.45, 2.75) is 39.0 Å². The van der Waals surface area contributed by atoms with Crippen LogP contribution in [0, 0.1) is 17.7 Å². The fraction of sp³-hybridized carbons (Fsp3) is 0.565. The van der Waals surface area contributed by atoms with Gasteiger partial charge in [0.15, 0.2) is 0 Å². The molecule has 0 aliphatic carbocycles. The number of hydrogen-bond donors (Lipinski definition) is 0. The summed E-state index contributed by atoms with van der Waals surface area (Å²) in [7, 11) is 0. The van der Waals surface area contributed by atoms with E-state index in [1.165, 1.54) is 23.7 Å². The van der Waals surface area contributed by atoms with Crippen molar-refractivity contribution < 1.29 is 18.7 Å². The predicted octanol–water partition coefficient (Wildman–Crippen LogP) is 3.29. The zero-order valence-corrected chi connectivity index (χ0v) is 19.2. The van der Waals surface area contributed by atoms with Crippen molar-refractivity contribution in [3.05, 3.63) is 41.5 Å². The minimum Gasteiger partial charge on any atom is -0.466 e. The number of aromatic nitrogens is 2. The lowest BCUT2D eigenvalue weighted by Gasteiger charge is -2.37. The summed E-state index contributed by atoms with van der Waals surface area (Å²) in [5, 5.41) is 0.834. The highest BCUT2D eigenvalue weighted by molar-refractivity contribution is 7.09. The van der Waals surface area contributed by atoms with E-state index in [4.69, 9.17) is 4.74 Å². The highest BCUT2D eigenvalue weighted by atomic mass is 32.1. The normalized spacial score (nSPS) is 19.8. The number of halogens is 1. The number of piperidine rings is 2. The Morgan fingerprint density at radius 1 is 1.12 bits per heavy atom. The number of anilines is 1. The van der Waals surface area contributed by atoms with Gasteiger partial charge in [0.2, 0.25) is 11.0 Å². The lowest BCUT2D eigenvalue weighted by molar-refractivity contribution is -0.151. The fourth-order valence-corrected chi connectivity index (χ4v) is 5.16. The first kappa shape index (κ1) is 22.6. The Morgan fingerprint density at radius 3 is 2.59 bits per heavy atom. The van der Waals surface area contributed by atoms with Gasteiger partial charge < -0.3 is 14.5 Å². The van der Waals surface area contributed by atoms with E-state index in [2.05, 4.69) is 14.3 Å². The van der Waals surface area contributed by atoms with Crippen molar-refractivity contribution in [3.63, 3.8) is 0 Å². The van der Waals surface area contributed by atoms with Crippen LogP contribution in [0.2, 0.25) is 0 Å². The minimum atomic E-state index is -0.255. The van der Waals surface area contributed by atoms with Gasteiger partial charge in [-0.3, -0.25) is 9.59 Å². The first-order valence-corrected chi connectivity index (χ1v) is 12.1. The molecular formula is C23H29FN4O3S. The van der Waals surface area contributed by atoms with Gasteiger partial charge in [0.25, 0.3) is 0 Å². The molecule has 2 aliphatic heterocycles. The molecule has 7 nitrogen and oxygen atoms in total. The topological polar surface area (TPSA) is 75.6 Å². The van der Waals surface area contributed by atoms with E-state index in [1.54, 1.807) is 12.1 Å². The van der Waals surface area contributed by atoms with E-state index in [0.717, 1.165) is 30.1 Å². The van der Waals surface area contributed by atoms with E-state index < -0.39 is 0 Å². The molecular weight excluding hydrogens is 431 g/mol. The Labute approximate surface area is 191 Å². The van der Waals surface area contributed by atoms with Crippen LogP contribution >= 0.6 is 11.5 Å². The zero-order chi connectivity index (χ0) is 22.5. The van der Waals surface area contributed by atoms with Crippen molar-refractivity contribution in [1.29, 1.82) is 0 Å². The summed E-state index contributed by atoms with van der Waals surface area (Å²) in [5.74, 6) is 0.334. The molecule has 0 bridgehead atoms. The van der Waals surface area contributed by atoms with Crippen LogP contribution in [0.5, 0.6) is 0 Å². The van der Waals surface area contributed by atoms with Crippen LogP contribution in [0.15, 0.2) is 24.3 Å². The second kappa shape index (κ2) is 10.4. The van der Waals surface area contributed by atoms with Crippen LogP contribution < -0.4 is 4.90 Å². The van der Waals surface area contributed by atoms with E-state index in [-0.39, 0.29) is 29.5 Å². The van der Waals surface area contributed by atoms with Crippen molar-refractivity contribution in [3.8, 4) is 0 Å². The van der Waals surface area contributed by atoms with E-state index in [1.807, 2.05) is 11.8 Å². The van der Waals surface area contributed by atoms with E-state index in [9.17, 15) is 14.0 Å². The summed E-state index contributed by atoms with van der Waals surface area (Å²) >= 11 is 1.35. The maximum Gasteiger partial charge on any atom is 0.309 e. The van der Waals surface area contributed by atoms with Crippen LogP contribution in [0.4, 0.5) is 9.52 Å². The number of rotatable bonds is 6. The third kappa shape index (κ3) is 5.43. The van der Waals surface area contributed by atoms with Gasteiger partial charge in [-0.1, -0.05) is 12.1 Å². The Morgan fingerprint density at radius 2 is 1.88 bits per heavy atom. The predicted molar refractivity (Wildman–Crippen MR) is 120 cm³/mol. The standard InChI is InChI=1S/C23H29FN4O3S/c1-2-31-22(30)17-9-12-27(13-10-17)21(29)18-4-3-11-28(15-18)23-25-20(26-32-23)14-16-5-7-19(24)8-6-16/h5-8,17-18H,2-4,9-15H2,1H3. The molecule has 0 saturated carbocycles. The van der Waals surface area contributed by atoms with Gasteiger partial charge in [0.05, 0.1) is 18.4 Å². The number of hydrogen-bond acceptors (Lipinski definition) is 7. The maximum atomic E-state index is 13.1. The number of likely N-dealkylation sites (tertiary alicyclic amines) is 1. The number of esters is 1. The second-order valence-electron chi connectivity index (χ2n) is 8.43. The summed E-state index contributed by atoms with van der Waals surface area (Å²) in [4.78, 5) is 33.8. The van der Waals surface area contributed by atoms with Crippen LogP contribution in [0.25, 0.3) is 0 Å². The molecule has 2 aliphatic rings. The Bertz CT molecular complexity index is 928. The summed E-state index contributed by atoms with van der Waals surface area (Å²) in [5.41, 5.74) is 0.966. The average Bonchev–Trinajstić information content (AvgIpc) is 3.29. The lowest BCUT2D eigenvalue weighted by Crippen LogP contribution is -2.48. The largest absolute Gasteiger partial charge is 0.466 e. The van der Waals surface area contributed by atoms with Gasteiger partial charge >= 0.3 is 5.97 Å². The van der Waals surface area contributed by atoms with Crippen molar-refractivity contribution >= 4 is 28.5 Å². The molecule has 3 heterocycles. The molecule has 32 heavy (non-hydrogen) atoms. The first-order chi connectivity index (χ1) is 15.5. The van der Waals surface area contributed by atoms with Gasteiger partial charge in [0.1, 0.15) is 11.6 Å². The molecule has 1 aromatic heterocycles. The highest BCUT2D eigenvalue weighted by Crippen LogP contribution is 2.28. The molecule has 2 aromatic rings. The Hall–Kier alpha value is -2.55. The molecule has 1 aromatic carbocycles. The Kier molecular flexibility index (Phi) is 7.34. The SMILES string of the molecule is CCOC(=O)C1CCN(C(=O)C2CCCN(c3nc(Cc4ccc(F)cc4)ns3)C2)CC1. The molecule has 0 N–H and O–H groups in total. The smallest absolute Gasteiger partial charge is 0.309 e. The van der Waals surface area contributed by atoms with Crippen LogP contribution in [0.1, 0.15) is 44.0 Å². The number of carbonyl (C=O) groups is 2. The molecule has 0 spiro atoms. The average molecular weight is 461 g/mol. The monoisotopic (exact) mass is 460 g/mol.